The highest BCUT2D eigenvalue weighted by atomic mass is 79.9. The molecule has 0 aliphatic carbocycles. The fraction of sp³-hybridized carbons (Fsp3) is 1.00. The number of hydrogen-bond acceptors (Lipinski definition) is 1. The van der Waals surface area contributed by atoms with E-state index in [1.54, 1.807) is 0 Å². The predicted molar refractivity (Wildman–Crippen MR) is 116 cm³/mol. The zero-order valence-electron chi connectivity index (χ0n) is 19.0. The van der Waals surface area contributed by atoms with E-state index in [1.807, 2.05) is 0 Å². The molecule has 3 heteroatoms. The Morgan fingerprint density at radius 1 is 0.704 bits per heavy atom. The van der Waals surface area contributed by atoms with Gasteiger partial charge in [-0.05, 0) is 13.3 Å². The van der Waals surface area contributed by atoms with Crippen LogP contribution in [0.25, 0.3) is 0 Å². The third-order valence-electron chi connectivity index (χ3n) is 6.24. The topological polar surface area (TPSA) is 9.23 Å². The molecular weight excluding hydrogens is 398 g/mol. The van der Waals surface area contributed by atoms with Crippen molar-refractivity contribution < 1.29 is 26.2 Å². The summed E-state index contributed by atoms with van der Waals surface area (Å²) < 4.78 is 7.30. The molecule has 0 aromatic heterocycles. The minimum Gasteiger partial charge on any atom is -1.00 e. The van der Waals surface area contributed by atoms with Crippen LogP contribution in [0.15, 0.2) is 0 Å². The Bertz CT molecular complexity index is 305. The molecule has 0 bridgehead atoms. The maximum atomic E-state index is 6.06. The second-order valence-electron chi connectivity index (χ2n) is 9.23. The zero-order valence-corrected chi connectivity index (χ0v) is 20.5. The lowest BCUT2D eigenvalue weighted by atomic mass is 10.0. The number of likely N-dealkylation sites (N-methyl/N-ethyl adjacent to an activating group) is 1. The first-order valence-electron chi connectivity index (χ1n) is 12.1. The monoisotopic (exact) mass is 447 g/mol. The molecule has 0 N–H and O–H groups in total. The lowest BCUT2D eigenvalue weighted by Crippen LogP contribution is -3.00. The van der Waals surface area contributed by atoms with E-state index in [-0.39, 0.29) is 17.0 Å². The number of nitrogens with zero attached hydrogens (tertiary/aromatic N) is 1. The highest BCUT2D eigenvalue weighted by Gasteiger charge is 2.28. The molecule has 0 aromatic rings. The predicted octanol–water partition coefficient (Wildman–Crippen LogP) is 4.12. The van der Waals surface area contributed by atoms with E-state index in [2.05, 4.69) is 20.9 Å². The van der Waals surface area contributed by atoms with Gasteiger partial charge < -0.3 is 26.2 Å². The average molecular weight is 449 g/mol. The third kappa shape index (κ3) is 15.9. The van der Waals surface area contributed by atoms with Crippen molar-refractivity contribution >= 4 is 0 Å². The van der Waals surface area contributed by atoms with Crippen LogP contribution in [-0.2, 0) is 4.74 Å². The van der Waals surface area contributed by atoms with E-state index < -0.39 is 0 Å². The first-order chi connectivity index (χ1) is 12.7. The molecule has 0 amide bonds. The van der Waals surface area contributed by atoms with Crippen LogP contribution in [-0.4, -0.2) is 43.9 Å². The van der Waals surface area contributed by atoms with E-state index in [1.165, 1.54) is 127 Å². The van der Waals surface area contributed by atoms with Crippen LogP contribution in [0.5, 0.6) is 0 Å². The van der Waals surface area contributed by atoms with Gasteiger partial charge in [0.25, 0.3) is 0 Å². The van der Waals surface area contributed by atoms with Gasteiger partial charge in [-0.2, -0.15) is 0 Å². The minimum absolute atomic E-state index is 0. The Labute approximate surface area is 182 Å². The number of ether oxygens (including phenoxy) is 1. The molecule has 0 saturated carbocycles. The highest BCUT2D eigenvalue weighted by molar-refractivity contribution is 4.57. The van der Waals surface area contributed by atoms with Crippen molar-refractivity contribution in [3.8, 4) is 0 Å². The van der Waals surface area contributed by atoms with Gasteiger partial charge in [-0.15, -0.1) is 0 Å². The van der Waals surface area contributed by atoms with Crippen LogP contribution < -0.4 is 17.0 Å². The molecule has 1 heterocycles. The molecule has 1 fully saturated rings. The second-order valence-corrected chi connectivity index (χ2v) is 9.23. The first kappa shape index (κ1) is 27.4. The van der Waals surface area contributed by atoms with E-state index in [9.17, 15) is 0 Å². The van der Waals surface area contributed by atoms with Crippen molar-refractivity contribution in [3.63, 3.8) is 0 Å². The Hall–Kier alpha value is 0.400. The van der Waals surface area contributed by atoms with Crippen molar-refractivity contribution in [1.82, 2.24) is 0 Å². The molecule has 2 nitrogen and oxygen atoms in total. The largest absolute Gasteiger partial charge is 1.00 e. The Kier molecular flexibility index (Phi) is 18.7. The molecule has 1 atom stereocenters. The SMILES string of the molecule is CCCCCCCCCCCCCCCCOC(C)C[N+]1(C)CCCC1.[Br-]. The maximum Gasteiger partial charge on any atom is 0.105 e. The molecule has 1 saturated heterocycles. The van der Waals surface area contributed by atoms with Gasteiger partial charge in [0, 0.05) is 19.4 Å². The highest BCUT2D eigenvalue weighted by Crippen LogP contribution is 2.18. The summed E-state index contributed by atoms with van der Waals surface area (Å²) in [6.07, 6.45) is 23.2. The van der Waals surface area contributed by atoms with Crippen molar-refractivity contribution in [3.05, 3.63) is 0 Å². The molecule has 0 radical (unpaired) electrons. The number of likely N-dealkylation sites (tertiary alicyclic amines) is 1. The lowest BCUT2D eigenvalue weighted by Gasteiger charge is -2.31. The summed E-state index contributed by atoms with van der Waals surface area (Å²) in [6.45, 7) is 9.45. The molecule has 0 aromatic carbocycles. The molecule has 1 aliphatic rings. The summed E-state index contributed by atoms with van der Waals surface area (Å²) >= 11 is 0. The average Bonchev–Trinajstić information content (AvgIpc) is 3.04. The molecule has 1 unspecified atom stereocenters. The van der Waals surface area contributed by atoms with Gasteiger partial charge in [0.1, 0.15) is 12.6 Å². The van der Waals surface area contributed by atoms with Gasteiger partial charge in [-0.1, -0.05) is 90.4 Å². The second kappa shape index (κ2) is 18.4. The summed E-state index contributed by atoms with van der Waals surface area (Å²) in [5, 5.41) is 0. The van der Waals surface area contributed by atoms with Crippen molar-refractivity contribution in [2.24, 2.45) is 0 Å². The van der Waals surface area contributed by atoms with Gasteiger partial charge >= 0.3 is 0 Å². The van der Waals surface area contributed by atoms with Gasteiger partial charge in [0.15, 0.2) is 0 Å². The fourth-order valence-corrected chi connectivity index (χ4v) is 4.54. The standard InChI is InChI=1S/C24H50NO.BrH/c1-4-5-6-7-8-9-10-11-12-13-14-15-16-19-22-26-24(2)23-25(3)20-17-18-21-25;/h24H,4-23H2,1-3H3;1H/q+1;/p-1. The normalized spacial score (nSPS) is 17.0. The smallest absolute Gasteiger partial charge is 0.105 e. The van der Waals surface area contributed by atoms with Crippen LogP contribution in [0, 0.1) is 0 Å². The first-order valence-corrected chi connectivity index (χ1v) is 12.1. The Morgan fingerprint density at radius 2 is 1.11 bits per heavy atom. The quantitative estimate of drug-likeness (QED) is 0.226. The molecule has 0 spiro atoms. The number of hydrogen-bond donors (Lipinski definition) is 0. The molecular formula is C24H50BrNO. The molecule has 164 valence electrons. The van der Waals surface area contributed by atoms with E-state index >= 15 is 0 Å². The summed E-state index contributed by atoms with van der Waals surface area (Å²) in [4.78, 5) is 0. The number of rotatable bonds is 18. The number of quaternary nitrogens is 1. The summed E-state index contributed by atoms with van der Waals surface area (Å²) in [5.74, 6) is 0. The van der Waals surface area contributed by atoms with Gasteiger partial charge in [-0.3, -0.25) is 0 Å². The van der Waals surface area contributed by atoms with Crippen molar-refractivity contribution in [2.75, 3.05) is 33.3 Å². The summed E-state index contributed by atoms with van der Waals surface area (Å²) in [6, 6.07) is 0. The number of halogens is 1. The Balaban J connectivity index is 0.00000676. The number of unbranched alkanes of at least 4 members (excludes halogenated alkanes) is 13. The van der Waals surface area contributed by atoms with Crippen LogP contribution in [0.2, 0.25) is 0 Å². The zero-order chi connectivity index (χ0) is 18.9. The minimum atomic E-state index is 0. The van der Waals surface area contributed by atoms with Crippen molar-refractivity contribution in [1.29, 1.82) is 0 Å². The maximum absolute atomic E-state index is 6.06. The van der Waals surface area contributed by atoms with Gasteiger partial charge in [0.05, 0.1) is 20.1 Å². The summed E-state index contributed by atoms with van der Waals surface area (Å²) in [7, 11) is 2.40. The van der Waals surface area contributed by atoms with E-state index in [0.717, 1.165) is 6.61 Å². The van der Waals surface area contributed by atoms with Gasteiger partial charge in [0.2, 0.25) is 0 Å². The molecule has 1 rings (SSSR count). The third-order valence-corrected chi connectivity index (χ3v) is 6.24. The fourth-order valence-electron chi connectivity index (χ4n) is 4.54. The summed E-state index contributed by atoms with van der Waals surface area (Å²) in [5.41, 5.74) is 0. The van der Waals surface area contributed by atoms with Gasteiger partial charge in [-0.25, -0.2) is 0 Å². The van der Waals surface area contributed by atoms with Crippen LogP contribution in [0.3, 0.4) is 0 Å². The lowest BCUT2D eigenvalue weighted by molar-refractivity contribution is -0.900. The Morgan fingerprint density at radius 3 is 1.56 bits per heavy atom. The van der Waals surface area contributed by atoms with Crippen LogP contribution in [0.1, 0.15) is 117 Å². The molecule has 1 aliphatic heterocycles. The van der Waals surface area contributed by atoms with Crippen LogP contribution in [0.4, 0.5) is 0 Å². The van der Waals surface area contributed by atoms with Crippen molar-refractivity contribution in [2.45, 2.75) is 123 Å². The molecule has 27 heavy (non-hydrogen) atoms. The van der Waals surface area contributed by atoms with Crippen LogP contribution >= 0.6 is 0 Å². The van der Waals surface area contributed by atoms with E-state index in [4.69, 9.17) is 4.74 Å². The van der Waals surface area contributed by atoms with E-state index in [0.29, 0.717) is 6.10 Å².